The first-order valence-corrected chi connectivity index (χ1v) is 10.7. The molecule has 0 spiro atoms. The van der Waals surface area contributed by atoms with Crippen LogP contribution in [0.1, 0.15) is 32.1 Å². The van der Waals surface area contributed by atoms with Gasteiger partial charge in [-0.25, -0.2) is 0 Å². The minimum atomic E-state index is -1.44. The van der Waals surface area contributed by atoms with Crippen LogP contribution < -0.4 is 0 Å². The first-order chi connectivity index (χ1) is 7.81. The van der Waals surface area contributed by atoms with Crippen molar-refractivity contribution in [2.24, 2.45) is 23.7 Å². The van der Waals surface area contributed by atoms with Crippen LogP contribution in [0.25, 0.3) is 0 Å². The van der Waals surface area contributed by atoms with Crippen molar-refractivity contribution >= 4 is 8.07 Å². The molecular formula is C15H26OSi. The van der Waals surface area contributed by atoms with E-state index in [-0.39, 0.29) is 0 Å². The van der Waals surface area contributed by atoms with Gasteiger partial charge in [-0.1, -0.05) is 24.8 Å². The number of aliphatic hydroxyl groups is 1. The van der Waals surface area contributed by atoms with Crippen LogP contribution in [0.2, 0.25) is 19.6 Å². The normalized spacial score (nSPS) is 48.5. The van der Waals surface area contributed by atoms with Gasteiger partial charge in [-0.05, 0) is 55.8 Å². The van der Waals surface area contributed by atoms with Gasteiger partial charge in [0.1, 0.15) is 0 Å². The van der Waals surface area contributed by atoms with Crippen molar-refractivity contribution in [1.29, 1.82) is 0 Å². The molecule has 0 aromatic carbocycles. The van der Waals surface area contributed by atoms with Crippen molar-refractivity contribution in [3.05, 3.63) is 11.8 Å². The molecule has 2 heteroatoms. The molecule has 4 rings (SSSR count). The van der Waals surface area contributed by atoms with Gasteiger partial charge >= 0.3 is 0 Å². The standard InChI is InChI=1S/C15H26OSi/c1-10(17(2,3)4)15(16)13-6-11-5-12(8-13)9-14(15)7-11/h11-14,16H,1,5-9H2,2-4H3. The van der Waals surface area contributed by atoms with Crippen molar-refractivity contribution < 1.29 is 5.11 Å². The fraction of sp³-hybridized carbons (Fsp3) is 0.867. The zero-order valence-electron chi connectivity index (χ0n) is 11.5. The average Bonchev–Trinajstić information content (AvgIpc) is 2.22. The van der Waals surface area contributed by atoms with E-state index in [0.29, 0.717) is 11.8 Å². The predicted molar refractivity (Wildman–Crippen MR) is 74.5 cm³/mol. The topological polar surface area (TPSA) is 20.2 Å². The zero-order valence-corrected chi connectivity index (χ0v) is 12.5. The lowest BCUT2D eigenvalue weighted by atomic mass is 9.50. The second-order valence-corrected chi connectivity index (χ2v) is 13.0. The van der Waals surface area contributed by atoms with Gasteiger partial charge in [0, 0.05) is 0 Å². The van der Waals surface area contributed by atoms with Gasteiger partial charge < -0.3 is 5.11 Å². The molecule has 4 aliphatic rings. The van der Waals surface area contributed by atoms with Crippen molar-refractivity contribution in [2.45, 2.75) is 57.3 Å². The van der Waals surface area contributed by atoms with Crippen LogP contribution >= 0.6 is 0 Å². The monoisotopic (exact) mass is 250 g/mol. The van der Waals surface area contributed by atoms with Gasteiger partial charge in [0.25, 0.3) is 0 Å². The highest BCUT2D eigenvalue weighted by Crippen LogP contribution is 2.60. The summed E-state index contributed by atoms with van der Waals surface area (Å²) >= 11 is 0. The van der Waals surface area contributed by atoms with E-state index >= 15 is 0 Å². The summed E-state index contributed by atoms with van der Waals surface area (Å²) < 4.78 is 0. The highest BCUT2D eigenvalue weighted by atomic mass is 28.3. The third-order valence-electron chi connectivity index (χ3n) is 5.77. The SMILES string of the molecule is C=C(C1(O)C2CC3CC(C2)CC1C3)[Si](C)(C)C. The maximum absolute atomic E-state index is 11.3. The van der Waals surface area contributed by atoms with E-state index in [0.717, 1.165) is 11.8 Å². The minimum absolute atomic E-state index is 0.488. The molecule has 4 saturated carbocycles. The Bertz CT molecular complexity index is 324. The molecule has 4 fully saturated rings. The quantitative estimate of drug-likeness (QED) is 0.742. The summed E-state index contributed by atoms with van der Waals surface area (Å²) in [5.74, 6) is 2.93. The maximum atomic E-state index is 11.3. The molecule has 4 aliphatic carbocycles. The van der Waals surface area contributed by atoms with Crippen molar-refractivity contribution in [2.75, 3.05) is 0 Å². The molecule has 0 unspecified atom stereocenters. The predicted octanol–water partition coefficient (Wildman–Crippen LogP) is 3.61. The average molecular weight is 250 g/mol. The smallest absolute Gasteiger partial charge is 0.0876 e. The van der Waals surface area contributed by atoms with E-state index in [1.807, 2.05) is 0 Å². The number of hydrogen-bond donors (Lipinski definition) is 1. The summed E-state index contributed by atoms with van der Waals surface area (Å²) in [4.78, 5) is 0. The van der Waals surface area contributed by atoms with Crippen LogP contribution in [0.5, 0.6) is 0 Å². The summed E-state index contributed by atoms with van der Waals surface area (Å²) in [7, 11) is -1.44. The van der Waals surface area contributed by atoms with Crippen LogP contribution in [0, 0.1) is 23.7 Å². The summed E-state index contributed by atoms with van der Waals surface area (Å²) in [5, 5.41) is 12.6. The Morgan fingerprint density at radius 3 is 1.76 bits per heavy atom. The van der Waals surface area contributed by atoms with Gasteiger partial charge in [0.05, 0.1) is 13.7 Å². The lowest BCUT2D eigenvalue weighted by molar-refractivity contribution is -0.146. The molecule has 1 N–H and O–H groups in total. The third kappa shape index (κ3) is 1.60. The molecule has 0 atom stereocenters. The molecule has 96 valence electrons. The third-order valence-corrected chi connectivity index (χ3v) is 7.98. The van der Waals surface area contributed by atoms with Crippen LogP contribution in [-0.2, 0) is 0 Å². The molecule has 17 heavy (non-hydrogen) atoms. The fourth-order valence-corrected chi connectivity index (χ4v) is 6.61. The molecule has 0 aromatic rings. The van der Waals surface area contributed by atoms with Crippen LogP contribution in [0.4, 0.5) is 0 Å². The highest BCUT2D eigenvalue weighted by Gasteiger charge is 2.58. The summed E-state index contributed by atoms with van der Waals surface area (Å²) in [5.41, 5.74) is -0.488. The number of rotatable bonds is 2. The first-order valence-electron chi connectivity index (χ1n) is 7.24. The fourth-order valence-electron chi connectivity index (χ4n) is 5.00. The lowest BCUT2D eigenvalue weighted by Crippen LogP contribution is -2.61. The van der Waals surface area contributed by atoms with E-state index in [9.17, 15) is 5.11 Å². The molecule has 0 aromatic heterocycles. The van der Waals surface area contributed by atoms with E-state index < -0.39 is 13.7 Å². The first kappa shape index (κ1) is 12.0. The maximum Gasteiger partial charge on any atom is 0.0876 e. The molecule has 0 saturated heterocycles. The Labute approximate surface area is 106 Å². The van der Waals surface area contributed by atoms with E-state index in [2.05, 4.69) is 26.2 Å². The van der Waals surface area contributed by atoms with Crippen LogP contribution in [0.15, 0.2) is 11.8 Å². The second kappa shape index (κ2) is 3.48. The van der Waals surface area contributed by atoms with Crippen molar-refractivity contribution in [1.82, 2.24) is 0 Å². The molecule has 0 radical (unpaired) electrons. The number of hydrogen-bond acceptors (Lipinski definition) is 1. The van der Waals surface area contributed by atoms with E-state index in [1.54, 1.807) is 0 Å². The Kier molecular flexibility index (Phi) is 2.45. The van der Waals surface area contributed by atoms with Gasteiger partial charge in [-0.3, -0.25) is 0 Å². The van der Waals surface area contributed by atoms with Crippen molar-refractivity contribution in [3.63, 3.8) is 0 Å². The van der Waals surface area contributed by atoms with Crippen molar-refractivity contribution in [3.8, 4) is 0 Å². The molecule has 1 nitrogen and oxygen atoms in total. The lowest BCUT2D eigenvalue weighted by Gasteiger charge is -2.61. The Balaban J connectivity index is 1.95. The summed E-state index contributed by atoms with van der Waals surface area (Å²) in [6.07, 6.45) is 6.53. The summed E-state index contributed by atoms with van der Waals surface area (Å²) in [6.45, 7) is 11.4. The Morgan fingerprint density at radius 1 is 1.00 bits per heavy atom. The van der Waals surface area contributed by atoms with Crippen LogP contribution in [0.3, 0.4) is 0 Å². The highest BCUT2D eigenvalue weighted by molar-refractivity contribution is 6.83. The minimum Gasteiger partial charge on any atom is -0.385 e. The van der Waals surface area contributed by atoms with Crippen LogP contribution in [-0.4, -0.2) is 18.8 Å². The molecule has 0 heterocycles. The Morgan fingerprint density at radius 2 is 1.41 bits per heavy atom. The summed E-state index contributed by atoms with van der Waals surface area (Å²) in [6, 6.07) is 0. The van der Waals surface area contributed by atoms with Gasteiger partial charge in [0.2, 0.25) is 0 Å². The Hall–Kier alpha value is -0.0831. The second-order valence-electron chi connectivity index (χ2n) is 7.86. The molecule has 0 amide bonds. The van der Waals surface area contributed by atoms with Gasteiger partial charge in [0.15, 0.2) is 0 Å². The van der Waals surface area contributed by atoms with Gasteiger partial charge in [-0.15, -0.1) is 6.58 Å². The zero-order chi connectivity index (χ0) is 12.4. The molecule has 4 bridgehead atoms. The molecular weight excluding hydrogens is 224 g/mol. The molecule has 0 aliphatic heterocycles. The van der Waals surface area contributed by atoms with Gasteiger partial charge in [-0.2, -0.15) is 0 Å². The van der Waals surface area contributed by atoms with E-state index in [1.165, 1.54) is 37.3 Å². The van der Waals surface area contributed by atoms with E-state index in [4.69, 9.17) is 0 Å². The largest absolute Gasteiger partial charge is 0.385 e.